The van der Waals surface area contributed by atoms with E-state index < -0.39 is 23.4 Å². The van der Waals surface area contributed by atoms with Gasteiger partial charge in [-0.25, -0.2) is 13.2 Å². The van der Waals surface area contributed by atoms with Gasteiger partial charge in [-0.15, -0.1) is 0 Å². The summed E-state index contributed by atoms with van der Waals surface area (Å²) in [5, 5.41) is 0. The molecule has 21 heavy (non-hydrogen) atoms. The molecular weight excluding hydrogens is 281 g/mol. The van der Waals surface area contributed by atoms with Crippen molar-refractivity contribution in [1.82, 2.24) is 9.88 Å². The van der Waals surface area contributed by atoms with Crippen LogP contribution in [0.4, 0.5) is 13.2 Å². The summed E-state index contributed by atoms with van der Waals surface area (Å²) >= 11 is 0. The van der Waals surface area contributed by atoms with E-state index in [1.54, 1.807) is 31.5 Å². The lowest BCUT2D eigenvalue weighted by Gasteiger charge is -2.21. The molecule has 0 aliphatic carbocycles. The zero-order chi connectivity index (χ0) is 15.4. The third kappa shape index (κ3) is 3.39. The van der Waals surface area contributed by atoms with Crippen LogP contribution < -0.4 is 0 Å². The van der Waals surface area contributed by atoms with E-state index in [2.05, 4.69) is 4.98 Å². The van der Waals surface area contributed by atoms with Crippen molar-refractivity contribution in [2.45, 2.75) is 13.5 Å². The molecule has 2 rings (SSSR count). The molecule has 110 valence electrons. The number of halogens is 3. The van der Waals surface area contributed by atoms with Gasteiger partial charge in [-0.3, -0.25) is 9.78 Å². The summed E-state index contributed by atoms with van der Waals surface area (Å²) in [6.07, 6.45) is 3.18. The first-order valence-electron chi connectivity index (χ1n) is 6.35. The standard InChI is InChI=1S/C15H13F3N2O/c1-2-20(9-10-3-5-19-6-4-10)15(21)11-7-12(16)14(18)13(17)8-11/h3-8H,2,9H2,1H3. The quantitative estimate of drug-likeness (QED) is 0.812. The number of carbonyl (C=O) groups is 1. The maximum absolute atomic E-state index is 13.2. The highest BCUT2D eigenvalue weighted by molar-refractivity contribution is 5.94. The Bertz CT molecular complexity index is 624. The van der Waals surface area contributed by atoms with Gasteiger partial charge in [0, 0.05) is 31.0 Å². The Hall–Kier alpha value is -2.37. The minimum Gasteiger partial charge on any atom is -0.335 e. The number of carbonyl (C=O) groups excluding carboxylic acids is 1. The van der Waals surface area contributed by atoms with Crippen molar-refractivity contribution in [3.63, 3.8) is 0 Å². The second kappa shape index (κ2) is 6.39. The Morgan fingerprint density at radius 3 is 2.24 bits per heavy atom. The van der Waals surface area contributed by atoms with Crippen LogP contribution in [-0.4, -0.2) is 22.3 Å². The summed E-state index contributed by atoms with van der Waals surface area (Å²) in [4.78, 5) is 17.5. The maximum atomic E-state index is 13.2. The molecule has 0 spiro atoms. The number of amides is 1. The number of nitrogens with zero attached hydrogens (tertiary/aromatic N) is 2. The zero-order valence-electron chi connectivity index (χ0n) is 11.3. The Kier molecular flexibility index (Phi) is 4.57. The fourth-order valence-electron chi connectivity index (χ4n) is 1.90. The zero-order valence-corrected chi connectivity index (χ0v) is 11.3. The molecule has 0 unspecified atom stereocenters. The van der Waals surface area contributed by atoms with E-state index in [0.717, 1.165) is 5.56 Å². The highest BCUT2D eigenvalue weighted by Gasteiger charge is 2.19. The lowest BCUT2D eigenvalue weighted by molar-refractivity contribution is 0.0751. The van der Waals surface area contributed by atoms with Crippen molar-refractivity contribution in [3.05, 3.63) is 65.2 Å². The molecule has 0 atom stereocenters. The van der Waals surface area contributed by atoms with Crippen LogP contribution >= 0.6 is 0 Å². The van der Waals surface area contributed by atoms with Crippen LogP contribution in [-0.2, 0) is 6.54 Å². The third-order valence-electron chi connectivity index (χ3n) is 3.02. The average molecular weight is 294 g/mol. The first-order chi connectivity index (χ1) is 10.0. The van der Waals surface area contributed by atoms with Crippen LogP contribution in [0.25, 0.3) is 0 Å². The summed E-state index contributed by atoms with van der Waals surface area (Å²) in [6.45, 7) is 2.37. The van der Waals surface area contributed by atoms with Crippen molar-refractivity contribution in [2.24, 2.45) is 0 Å². The minimum atomic E-state index is -1.58. The van der Waals surface area contributed by atoms with Gasteiger partial charge in [-0.05, 0) is 36.8 Å². The van der Waals surface area contributed by atoms with E-state index in [1.165, 1.54) is 4.90 Å². The fourth-order valence-corrected chi connectivity index (χ4v) is 1.90. The molecule has 0 N–H and O–H groups in total. The number of rotatable bonds is 4. The van der Waals surface area contributed by atoms with E-state index in [9.17, 15) is 18.0 Å². The Labute approximate surface area is 120 Å². The number of hydrogen-bond acceptors (Lipinski definition) is 2. The molecule has 0 saturated heterocycles. The molecular formula is C15H13F3N2O. The molecule has 6 heteroatoms. The van der Waals surface area contributed by atoms with Crippen LogP contribution in [0.3, 0.4) is 0 Å². The summed E-state index contributed by atoms with van der Waals surface area (Å²) in [6, 6.07) is 4.88. The van der Waals surface area contributed by atoms with Gasteiger partial charge in [0.15, 0.2) is 17.5 Å². The molecule has 1 aromatic carbocycles. The first kappa shape index (κ1) is 15.0. The van der Waals surface area contributed by atoms with Crippen LogP contribution in [0.1, 0.15) is 22.8 Å². The molecule has 1 heterocycles. The summed E-state index contributed by atoms with van der Waals surface area (Å²) in [7, 11) is 0. The molecule has 1 amide bonds. The summed E-state index contributed by atoms with van der Waals surface area (Å²) in [5.41, 5.74) is 0.616. The van der Waals surface area contributed by atoms with E-state index in [-0.39, 0.29) is 12.1 Å². The lowest BCUT2D eigenvalue weighted by atomic mass is 10.1. The monoisotopic (exact) mass is 294 g/mol. The third-order valence-corrected chi connectivity index (χ3v) is 3.02. The van der Waals surface area contributed by atoms with Crippen molar-refractivity contribution in [1.29, 1.82) is 0 Å². The highest BCUT2D eigenvalue weighted by atomic mass is 19.2. The predicted octanol–water partition coefficient (Wildman–Crippen LogP) is 3.16. The van der Waals surface area contributed by atoms with Gasteiger partial charge in [-0.1, -0.05) is 0 Å². The Morgan fingerprint density at radius 2 is 1.71 bits per heavy atom. The smallest absolute Gasteiger partial charge is 0.254 e. The van der Waals surface area contributed by atoms with Crippen molar-refractivity contribution < 1.29 is 18.0 Å². The van der Waals surface area contributed by atoms with E-state index in [4.69, 9.17) is 0 Å². The highest BCUT2D eigenvalue weighted by Crippen LogP contribution is 2.16. The lowest BCUT2D eigenvalue weighted by Crippen LogP contribution is -2.30. The molecule has 0 radical (unpaired) electrons. The first-order valence-corrected chi connectivity index (χ1v) is 6.35. The molecule has 0 aliphatic heterocycles. The van der Waals surface area contributed by atoms with Gasteiger partial charge in [0.05, 0.1) is 0 Å². The van der Waals surface area contributed by atoms with E-state index >= 15 is 0 Å². The summed E-state index contributed by atoms with van der Waals surface area (Å²) in [5.74, 6) is -4.90. The summed E-state index contributed by atoms with van der Waals surface area (Å²) < 4.78 is 39.3. The molecule has 1 aromatic heterocycles. The van der Waals surface area contributed by atoms with Gasteiger partial charge >= 0.3 is 0 Å². The number of benzene rings is 1. The van der Waals surface area contributed by atoms with Gasteiger partial charge in [0.2, 0.25) is 0 Å². The largest absolute Gasteiger partial charge is 0.335 e. The molecule has 0 saturated carbocycles. The van der Waals surface area contributed by atoms with Crippen molar-refractivity contribution in [2.75, 3.05) is 6.54 Å². The second-order valence-corrected chi connectivity index (χ2v) is 4.43. The molecule has 0 fully saturated rings. The van der Waals surface area contributed by atoms with Crippen molar-refractivity contribution in [3.8, 4) is 0 Å². The van der Waals surface area contributed by atoms with Crippen LogP contribution in [0.2, 0.25) is 0 Å². The van der Waals surface area contributed by atoms with Gasteiger partial charge in [0.1, 0.15) is 0 Å². The molecule has 3 nitrogen and oxygen atoms in total. The van der Waals surface area contributed by atoms with E-state index in [0.29, 0.717) is 18.7 Å². The number of aromatic nitrogens is 1. The SMILES string of the molecule is CCN(Cc1ccncc1)C(=O)c1cc(F)c(F)c(F)c1. The van der Waals surface area contributed by atoms with Crippen LogP contribution in [0.15, 0.2) is 36.7 Å². The number of pyridine rings is 1. The second-order valence-electron chi connectivity index (χ2n) is 4.43. The van der Waals surface area contributed by atoms with Crippen LogP contribution in [0, 0.1) is 17.5 Å². The fraction of sp³-hybridized carbons (Fsp3) is 0.200. The van der Waals surface area contributed by atoms with Gasteiger partial charge in [-0.2, -0.15) is 0 Å². The van der Waals surface area contributed by atoms with Gasteiger partial charge in [0.25, 0.3) is 5.91 Å². The number of hydrogen-bond donors (Lipinski definition) is 0. The Morgan fingerprint density at radius 1 is 1.14 bits per heavy atom. The topological polar surface area (TPSA) is 33.2 Å². The average Bonchev–Trinajstić information content (AvgIpc) is 2.50. The molecule has 0 aliphatic rings. The van der Waals surface area contributed by atoms with E-state index in [1.807, 2.05) is 0 Å². The Balaban J connectivity index is 2.24. The van der Waals surface area contributed by atoms with Crippen molar-refractivity contribution >= 4 is 5.91 Å². The molecule has 2 aromatic rings. The normalized spacial score (nSPS) is 10.5. The minimum absolute atomic E-state index is 0.220. The van der Waals surface area contributed by atoms with Gasteiger partial charge < -0.3 is 4.90 Å². The van der Waals surface area contributed by atoms with Crippen LogP contribution in [0.5, 0.6) is 0 Å². The maximum Gasteiger partial charge on any atom is 0.254 e. The predicted molar refractivity (Wildman–Crippen MR) is 71.0 cm³/mol. The molecule has 0 bridgehead atoms.